The van der Waals surface area contributed by atoms with Crippen LogP contribution < -0.4 is 0 Å². The lowest BCUT2D eigenvalue weighted by Gasteiger charge is -2.26. The molecule has 202 valence electrons. The molecule has 0 aromatic carbocycles. The van der Waals surface area contributed by atoms with E-state index in [4.69, 9.17) is 9.57 Å². The maximum atomic E-state index is 12.1. The number of nitrogens with zero attached hydrogens (tertiary/aromatic N) is 1. The molecule has 0 aromatic heterocycles. The third kappa shape index (κ3) is 21.4. The molecule has 0 aliphatic rings. The van der Waals surface area contributed by atoms with Crippen molar-refractivity contribution in [3.63, 3.8) is 0 Å². The van der Waals surface area contributed by atoms with Gasteiger partial charge in [0, 0.05) is 18.9 Å². The molecule has 0 aliphatic heterocycles. The lowest BCUT2D eigenvalue weighted by Crippen LogP contribution is -2.37. The lowest BCUT2D eigenvalue weighted by molar-refractivity contribution is -0.203. The van der Waals surface area contributed by atoms with Gasteiger partial charge in [0.15, 0.2) is 0 Å². The molecule has 1 N–H and O–H groups in total. The number of esters is 1. The summed E-state index contributed by atoms with van der Waals surface area (Å²) in [6, 6.07) is 0.109. The van der Waals surface area contributed by atoms with Crippen LogP contribution in [-0.2, 0) is 19.2 Å². The standard InChI is InChI=1S/C28H55NO5/c1-4-6-8-12-17-21-27(31)33-25-19-15-11-10-14-16-20-26(3)29(23-24-30)34-28(32)22-18-13-9-7-5-2/h26,30H,4-25H2,1-3H3. The number of unbranched alkanes of at least 4 members (excludes halogenated alkanes) is 13. The summed E-state index contributed by atoms with van der Waals surface area (Å²) in [5.74, 6) is -0.232. The summed E-state index contributed by atoms with van der Waals surface area (Å²) in [5, 5.41) is 11.0. The summed E-state index contributed by atoms with van der Waals surface area (Å²) < 4.78 is 5.32. The predicted molar refractivity (Wildman–Crippen MR) is 139 cm³/mol. The van der Waals surface area contributed by atoms with Gasteiger partial charge in [0.05, 0.1) is 19.8 Å². The Balaban J connectivity index is 3.73. The fourth-order valence-corrected chi connectivity index (χ4v) is 4.03. The van der Waals surface area contributed by atoms with Gasteiger partial charge >= 0.3 is 11.9 Å². The number of carbonyl (C=O) groups excluding carboxylic acids is 2. The number of rotatable bonds is 25. The van der Waals surface area contributed by atoms with E-state index in [2.05, 4.69) is 20.8 Å². The third-order valence-corrected chi connectivity index (χ3v) is 6.28. The summed E-state index contributed by atoms with van der Waals surface area (Å²) >= 11 is 0. The summed E-state index contributed by atoms with van der Waals surface area (Å²) in [4.78, 5) is 29.4. The van der Waals surface area contributed by atoms with Crippen molar-refractivity contribution in [1.82, 2.24) is 5.06 Å². The van der Waals surface area contributed by atoms with E-state index in [0.29, 0.717) is 26.0 Å². The second kappa shape index (κ2) is 25.0. The van der Waals surface area contributed by atoms with Gasteiger partial charge in [0.25, 0.3) is 0 Å². The van der Waals surface area contributed by atoms with E-state index < -0.39 is 0 Å². The Bertz CT molecular complexity index is 472. The number of aliphatic hydroxyl groups excluding tert-OH is 1. The van der Waals surface area contributed by atoms with Gasteiger partial charge in [0.2, 0.25) is 0 Å². The summed E-state index contributed by atoms with van der Waals surface area (Å²) in [6.45, 7) is 7.32. The second-order valence-corrected chi connectivity index (χ2v) is 9.64. The maximum Gasteiger partial charge on any atom is 0.325 e. The van der Waals surface area contributed by atoms with Gasteiger partial charge in [-0.05, 0) is 32.6 Å². The molecule has 0 saturated carbocycles. The van der Waals surface area contributed by atoms with Crippen LogP contribution in [0.4, 0.5) is 0 Å². The molecular weight excluding hydrogens is 430 g/mol. The molecule has 0 heterocycles. The molecule has 1 unspecified atom stereocenters. The number of hydrogen-bond acceptors (Lipinski definition) is 6. The second-order valence-electron chi connectivity index (χ2n) is 9.64. The third-order valence-electron chi connectivity index (χ3n) is 6.28. The Morgan fingerprint density at radius 2 is 1.21 bits per heavy atom. The molecule has 0 fully saturated rings. The van der Waals surface area contributed by atoms with Gasteiger partial charge in [-0.1, -0.05) is 97.3 Å². The highest BCUT2D eigenvalue weighted by atomic mass is 16.7. The van der Waals surface area contributed by atoms with E-state index in [1.807, 2.05) is 0 Å². The minimum absolute atomic E-state index is 0.0163. The van der Waals surface area contributed by atoms with E-state index in [-0.39, 0.29) is 24.6 Å². The number of hydrogen-bond donors (Lipinski definition) is 1. The molecule has 34 heavy (non-hydrogen) atoms. The van der Waals surface area contributed by atoms with Crippen molar-refractivity contribution >= 4 is 11.9 Å². The monoisotopic (exact) mass is 485 g/mol. The first-order chi connectivity index (χ1) is 16.5. The van der Waals surface area contributed by atoms with E-state index >= 15 is 0 Å². The Morgan fingerprint density at radius 3 is 1.79 bits per heavy atom. The normalized spacial score (nSPS) is 12.1. The molecule has 0 aliphatic carbocycles. The number of hydroxylamine groups is 2. The Kier molecular flexibility index (Phi) is 24.1. The fraction of sp³-hybridized carbons (Fsp3) is 0.929. The maximum absolute atomic E-state index is 12.1. The topological polar surface area (TPSA) is 76.1 Å². The van der Waals surface area contributed by atoms with E-state index in [0.717, 1.165) is 70.6 Å². The molecule has 0 bridgehead atoms. The zero-order chi connectivity index (χ0) is 25.3. The Labute approximate surface area is 210 Å². The van der Waals surface area contributed by atoms with Crippen LogP contribution in [0.2, 0.25) is 0 Å². The molecular formula is C28H55NO5. The molecule has 0 amide bonds. The van der Waals surface area contributed by atoms with Crippen LogP contribution in [0, 0.1) is 0 Å². The highest BCUT2D eigenvalue weighted by Crippen LogP contribution is 2.14. The van der Waals surface area contributed by atoms with Crippen molar-refractivity contribution in [3.8, 4) is 0 Å². The summed E-state index contributed by atoms with van der Waals surface area (Å²) in [5.41, 5.74) is 0. The predicted octanol–water partition coefficient (Wildman–Crippen LogP) is 7.12. The lowest BCUT2D eigenvalue weighted by atomic mass is 10.1. The number of aliphatic hydroxyl groups is 1. The molecule has 0 spiro atoms. The van der Waals surface area contributed by atoms with Gasteiger partial charge in [-0.25, -0.2) is 0 Å². The van der Waals surface area contributed by atoms with Crippen LogP contribution in [0.1, 0.15) is 143 Å². The van der Waals surface area contributed by atoms with Gasteiger partial charge < -0.3 is 14.7 Å². The van der Waals surface area contributed by atoms with E-state index in [1.54, 1.807) is 5.06 Å². The smallest absolute Gasteiger partial charge is 0.325 e. The SMILES string of the molecule is CCCCCCCC(=O)OCCCCCCCCC(C)N(CCO)OC(=O)CCCCCCC. The minimum atomic E-state index is -0.186. The number of carbonyl (C=O) groups is 2. The molecule has 0 rings (SSSR count). The van der Waals surface area contributed by atoms with Crippen LogP contribution in [0.5, 0.6) is 0 Å². The van der Waals surface area contributed by atoms with Crippen LogP contribution in [0.3, 0.4) is 0 Å². The average Bonchev–Trinajstić information content (AvgIpc) is 2.82. The van der Waals surface area contributed by atoms with Crippen molar-refractivity contribution in [2.75, 3.05) is 19.8 Å². The molecule has 6 heteroatoms. The van der Waals surface area contributed by atoms with Crippen molar-refractivity contribution in [3.05, 3.63) is 0 Å². The van der Waals surface area contributed by atoms with Gasteiger partial charge in [-0.2, -0.15) is 0 Å². The zero-order valence-corrected chi connectivity index (χ0v) is 22.7. The molecule has 0 radical (unpaired) electrons. The van der Waals surface area contributed by atoms with Crippen LogP contribution in [-0.4, -0.2) is 47.9 Å². The first-order valence-corrected chi connectivity index (χ1v) is 14.3. The van der Waals surface area contributed by atoms with Crippen LogP contribution >= 0.6 is 0 Å². The highest BCUT2D eigenvalue weighted by molar-refractivity contribution is 5.69. The summed E-state index contributed by atoms with van der Waals surface area (Å²) in [7, 11) is 0. The number of ether oxygens (including phenoxy) is 1. The van der Waals surface area contributed by atoms with Crippen molar-refractivity contribution in [2.45, 2.75) is 149 Å². The Hall–Kier alpha value is -1.14. The summed E-state index contributed by atoms with van der Waals surface area (Å²) in [6.07, 6.45) is 19.8. The zero-order valence-electron chi connectivity index (χ0n) is 22.7. The Morgan fingerprint density at radius 1 is 0.706 bits per heavy atom. The average molecular weight is 486 g/mol. The quantitative estimate of drug-likeness (QED) is 0.0842. The first-order valence-electron chi connectivity index (χ1n) is 14.3. The van der Waals surface area contributed by atoms with Crippen molar-refractivity contribution in [2.24, 2.45) is 0 Å². The van der Waals surface area contributed by atoms with E-state index in [1.165, 1.54) is 38.5 Å². The van der Waals surface area contributed by atoms with Crippen LogP contribution in [0.25, 0.3) is 0 Å². The van der Waals surface area contributed by atoms with Gasteiger partial charge in [-0.3, -0.25) is 9.59 Å². The van der Waals surface area contributed by atoms with Gasteiger partial charge in [0.1, 0.15) is 0 Å². The van der Waals surface area contributed by atoms with Crippen molar-refractivity contribution < 1.29 is 24.3 Å². The van der Waals surface area contributed by atoms with Crippen LogP contribution in [0.15, 0.2) is 0 Å². The minimum Gasteiger partial charge on any atom is -0.466 e. The molecule has 0 aromatic rings. The van der Waals surface area contributed by atoms with Gasteiger partial charge in [-0.15, -0.1) is 5.06 Å². The van der Waals surface area contributed by atoms with Crippen molar-refractivity contribution in [1.29, 1.82) is 0 Å². The fourth-order valence-electron chi connectivity index (χ4n) is 4.03. The highest BCUT2D eigenvalue weighted by Gasteiger charge is 2.18. The molecule has 1 atom stereocenters. The first kappa shape index (κ1) is 32.9. The van der Waals surface area contributed by atoms with E-state index in [9.17, 15) is 14.7 Å². The largest absolute Gasteiger partial charge is 0.466 e. The molecule has 6 nitrogen and oxygen atoms in total. The molecule has 0 saturated heterocycles.